The summed E-state index contributed by atoms with van der Waals surface area (Å²) in [7, 11) is 1.55. The average molecular weight is 351 g/mol. The molecule has 2 amide bonds. The van der Waals surface area contributed by atoms with Gasteiger partial charge >= 0.3 is 6.09 Å². The Balaban J connectivity index is 1.47. The van der Waals surface area contributed by atoms with Gasteiger partial charge in [-0.2, -0.15) is 0 Å². The highest BCUT2D eigenvalue weighted by atomic mass is 16.5. The van der Waals surface area contributed by atoms with E-state index in [-0.39, 0.29) is 5.91 Å². The second kappa shape index (κ2) is 8.08. The molecule has 2 aliphatic heterocycles. The number of nitrogens with zero attached hydrogens (tertiary/aromatic N) is 2. The predicted molar refractivity (Wildman–Crippen MR) is 92.8 cm³/mol. The van der Waals surface area contributed by atoms with Gasteiger partial charge in [-0.25, -0.2) is 4.79 Å². The molecular formula is C18H29N3O4. The largest absolute Gasteiger partial charge is 0.500 e. The third kappa shape index (κ3) is 4.08. The minimum absolute atomic E-state index is 0.144. The first kappa shape index (κ1) is 18.0. The molecule has 1 saturated heterocycles. The fraction of sp³-hybridized carbons (Fsp3) is 0.778. The number of hydrogen-bond donors (Lipinski definition) is 1. The van der Waals surface area contributed by atoms with E-state index in [1.165, 1.54) is 6.42 Å². The molecule has 2 fully saturated rings. The van der Waals surface area contributed by atoms with Crippen molar-refractivity contribution in [1.82, 2.24) is 15.1 Å². The van der Waals surface area contributed by atoms with Crippen molar-refractivity contribution < 1.29 is 19.1 Å². The molecule has 0 aromatic heterocycles. The summed E-state index contributed by atoms with van der Waals surface area (Å²) in [5, 5.41) is 2.43. The molecule has 1 aliphatic carbocycles. The number of carbonyl (C=O) groups is 2. The Morgan fingerprint density at radius 1 is 1.28 bits per heavy atom. The van der Waals surface area contributed by atoms with Crippen molar-refractivity contribution in [2.45, 2.75) is 19.8 Å². The fourth-order valence-electron chi connectivity index (χ4n) is 4.18. The van der Waals surface area contributed by atoms with Crippen LogP contribution < -0.4 is 5.32 Å². The summed E-state index contributed by atoms with van der Waals surface area (Å²) in [5.74, 6) is 1.64. The van der Waals surface area contributed by atoms with Crippen molar-refractivity contribution in [1.29, 1.82) is 0 Å². The number of nitrogens with one attached hydrogen (secondary N) is 1. The zero-order valence-corrected chi connectivity index (χ0v) is 15.2. The number of amides is 2. The summed E-state index contributed by atoms with van der Waals surface area (Å²) in [6, 6.07) is 0. The summed E-state index contributed by atoms with van der Waals surface area (Å²) in [4.78, 5) is 28.2. The van der Waals surface area contributed by atoms with Crippen molar-refractivity contribution in [2.24, 2.45) is 17.8 Å². The predicted octanol–water partition coefficient (Wildman–Crippen LogP) is 1.06. The molecule has 0 radical (unpaired) electrons. The molecular weight excluding hydrogens is 322 g/mol. The van der Waals surface area contributed by atoms with Crippen molar-refractivity contribution in [2.75, 3.05) is 53.0 Å². The number of alkyl carbamates (subject to hydrolysis) is 1. The smallest absolute Gasteiger partial charge is 0.406 e. The molecule has 0 aromatic carbocycles. The summed E-state index contributed by atoms with van der Waals surface area (Å²) < 4.78 is 10.6. The first-order chi connectivity index (χ1) is 12.1. The molecule has 3 rings (SSSR count). The molecule has 7 heteroatoms. The van der Waals surface area contributed by atoms with Crippen molar-refractivity contribution in [3.8, 4) is 0 Å². The number of fused-ring (bicyclic) bond motifs is 1. The first-order valence-electron chi connectivity index (χ1n) is 9.28. The topological polar surface area (TPSA) is 71.1 Å². The van der Waals surface area contributed by atoms with Crippen LogP contribution >= 0.6 is 0 Å². The minimum atomic E-state index is -0.404. The summed E-state index contributed by atoms with van der Waals surface area (Å²) >= 11 is 0. The van der Waals surface area contributed by atoms with Gasteiger partial charge in [0.1, 0.15) is 6.61 Å². The van der Waals surface area contributed by atoms with Crippen molar-refractivity contribution in [3.63, 3.8) is 0 Å². The maximum Gasteiger partial charge on any atom is 0.406 e. The van der Waals surface area contributed by atoms with Crippen LogP contribution in [-0.4, -0.2) is 74.8 Å². The molecule has 25 heavy (non-hydrogen) atoms. The third-order valence-electron chi connectivity index (χ3n) is 5.83. The molecule has 3 aliphatic rings. The SMILES string of the molecule is CNC(=O)OCCN1CCN(C(=O)C2=COCC3C(C)CCC23)CC1. The van der Waals surface area contributed by atoms with Gasteiger partial charge in [-0.05, 0) is 24.7 Å². The zero-order valence-electron chi connectivity index (χ0n) is 15.2. The number of ether oxygens (including phenoxy) is 2. The molecule has 2 heterocycles. The Bertz CT molecular complexity index is 528. The quantitative estimate of drug-likeness (QED) is 0.820. The van der Waals surface area contributed by atoms with Crippen molar-refractivity contribution >= 4 is 12.0 Å². The Kier molecular flexibility index (Phi) is 5.83. The highest BCUT2D eigenvalue weighted by Crippen LogP contribution is 2.43. The number of rotatable bonds is 4. The lowest BCUT2D eigenvalue weighted by atomic mass is 9.84. The molecule has 1 N–H and O–H groups in total. The van der Waals surface area contributed by atoms with Crippen LogP contribution in [0.1, 0.15) is 19.8 Å². The second-order valence-corrected chi connectivity index (χ2v) is 7.25. The number of carbonyl (C=O) groups excluding carboxylic acids is 2. The molecule has 1 saturated carbocycles. The van der Waals surface area contributed by atoms with Gasteiger partial charge in [-0.1, -0.05) is 6.92 Å². The third-order valence-corrected chi connectivity index (χ3v) is 5.83. The van der Waals surface area contributed by atoms with Crippen LogP contribution in [0.25, 0.3) is 0 Å². The molecule has 7 nitrogen and oxygen atoms in total. The van der Waals surface area contributed by atoms with Gasteiger partial charge in [0.05, 0.1) is 18.4 Å². The van der Waals surface area contributed by atoms with Crippen LogP contribution in [0.4, 0.5) is 4.79 Å². The molecule has 0 aromatic rings. The normalized spacial score (nSPS) is 29.4. The average Bonchev–Trinajstić information content (AvgIpc) is 3.03. The lowest BCUT2D eigenvalue weighted by Crippen LogP contribution is -2.50. The number of piperazine rings is 1. The maximum atomic E-state index is 12.9. The van der Waals surface area contributed by atoms with Gasteiger partial charge in [0.15, 0.2) is 0 Å². The van der Waals surface area contributed by atoms with E-state index < -0.39 is 6.09 Å². The number of hydrogen-bond acceptors (Lipinski definition) is 5. The van der Waals surface area contributed by atoms with E-state index in [9.17, 15) is 9.59 Å². The molecule has 0 bridgehead atoms. The van der Waals surface area contributed by atoms with Crippen LogP contribution in [0, 0.1) is 17.8 Å². The van der Waals surface area contributed by atoms with E-state index in [0.29, 0.717) is 44.0 Å². The zero-order chi connectivity index (χ0) is 17.8. The Labute approximate surface area is 149 Å². The Hall–Kier alpha value is -1.76. The van der Waals surface area contributed by atoms with E-state index >= 15 is 0 Å². The highest BCUT2D eigenvalue weighted by molar-refractivity contribution is 5.94. The Morgan fingerprint density at radius 3 is 2.76 bits per heavy atom. The van der Waals surface area contributed by atoms with Gasteiger partial charge in [0.2, 0.25) is 0 Å². The van der Waals surface area contributed by atoms with E-state index in [1.807, 2.05) is 4.90 Å². The minimum Gasteiger partial charge on any atom is -0.500 e. The molecule has 3 atom stereocenters. The lowest BCUT2D eigenvalue weighted by molar-refractivity contribution is -0.130. The second-order valence-electron chi connectivity index (χ2n) is 7.25. The van der Waals surface area contributed by atoms with Gasteiger partial charge in [0.25, 0.3) is 5.91 Å². The van der Waals surface area contributed by atoms with Gasteiger partial charge in [-0.15, -0.1) is 0 Å². The van der Waals surface area contributed by atoms with Gasteiger partial charge in [0, 0.05) is 45.7 Å². The van der Waals surface area contributed by atoms with Crippen LogP contribution in [0.2, 0.25) is 0 Å². The monoisotopic (exact) mass is 351 g/mol. The lowest BCUT2D eigenvalue weighted by Gasteiger charge is -2.37. The van der Waals surface area contributed by atoms with Gasteiger partial charge in [-0.3, -0.25) is 9.69 Å². The van der Waals surface area contributed by atoms with Gasteiger partial charge < -0.3 is 19.7 Å². The van der Waals surface area contributed by atoms with E-state index in [0.717, 1.165) is 31.7 Å². The fourth-order valence-corrected chi connectivity index (χ4v) is 4.18. The van der Waals surface area contributed by atoms with E-state index in [1.54, 1.807) is 13.3 Å². The van der Waals surface area contributed by atoms with Crippen LogP contribution in [0.5, 0.6) is 0 Å². The standard InChI is InChI=1S/C18H29N3O4/c1-13-3-4-14-15(13)11-24-12-16(14)17(22)21-7-5-20(6-8-21)9-10-25-18(23)19-2/h12-15H,3-11H2,1-2H3,(H,19,23). The van der Waals surface area contributed by atoms with Crippen LogP contribution in [0.3, 0.4) is 0 Å². The Morgan fingerprint density at radius 2 is 2.04 bits per heavy atom. The highest BCUT2D eigenvalue weighted by Gasteiger charge is 2.41. The van der Waals surface area contributed by atoms with E-state index in [4.69, 9.17) is 9.47 Å². The van der Waals surface area contributed by atoms with E-state index in [2.05, 4.69) is 17.1 Å². The summed E-state index contributed by atoms with van der Waals surface area (Å²) in [5.41, 5.74) is 0.872. The molecule has 140 valence electrons. The van der Waals surface area contributed by atoms with Crippen LogP contribution in [-0.2, 0) is 14.3 Å². The van der Waals surface area contributed by atoms with Crippen LogP contribution in [0.15, 0.2) is 11.8 Å². The summed E-state index contributed by atoms with van der Waals surface area (Å²) in [6.07, 6.45) is 3.59. The molecule has 3 unspecified atom stereocenters. The first-order valence-corrected chi connectivity index (χ1v) is 9.28. The maximum absolute atomic E-state index is 12.9. The summed E-state index contributed by atoms with van der Waals surface area (Å²) in [6.45, 7) is 7.12. The van der Waals surface area contributed by atoms with Crippen molar-refractivity contribution in [3.05, 3.63) is 11.8 Å². The molecule has 0 spiro atoms.